The van der Waals surface area contributed by atoms with Gasteiger partial charge in [0.05, 0.1) is 11.5 Å². The summed E-state index contributed by atoms with van der Waals surface area (Å²) < 4.78 is 0. The molecule has 0 radical (unpaired) electrons. The van der Waals surface area contributed by atoms with Crippen molar-refractivity contribution in [3.05, 3.63) is 46.1 Å². The fourth-order valence-corrected chi connectivity index (χ4v) is 4.79. The van der Waals surface area contributed by atoms with Crippen LogP contribution >= 0.6 is 11.6 Å². The SMILES string of the molecule is CC(C)C1=CN([C@H]2C[C@@H](C(=O)O)C2)C(=O)N[C@]1(C)c1ccc(CCC(C)(C)C)c(Cl)c1. The maximum atomic E-state index is 13.0. The molecular formula is C25H35ClN2O3. The lowest BCUT2D eigenvalue weighted by atomic mass is 9.76. The van der Waals surface area contributed by atoms with Crippen LogP contribution in [-0.4, -0.2) is 28.0 Å². The molecule has 0 bridgehead atoms. The quantitative estimate of drug-likeness (QED) is 0.566. The van der Waals surface area contributed by atoms with Crippen molar-refractivity contribution >= 4 is 23.6 Å². The van der Waals surface area contributed by atoms with E-state index < -0.39 is 11.5 Å². The lowest BCUT2D eigenvalue weighted by Crippen LogP contribution is -2.59. The summed E-state index contributed by atoms with van der Waals surface area (Å²) in [5.74, 6) is -0.947. The van der Waals surface area contributed by atoms with E-state index in [1.54, 1.807) is 4.90 Å². The fraction of sp³-hybridized carbons (Fsp3) is 0.600. The first-order valence-electron chi connectivity index (χ1n) is 11.2. The van der Waals surface area contributed by atoms with Gasteiger partial charge < -0.3 is 10.4 Å². The summed E-state index contributed by atoms with van der Waals surface area (Å²) in [5, 5.41) is 13.1. The molecular weight excluding hydrogens is 412 g/mol. The second-order valence-corrected chi connectivity index (χ2v) is 11.1. The monoisotopic (exact) mass is 446 g/mol. The largest absolute Gasteiger partial charge is 0.481 e. The first kappa shape index (κ1) is 23.6. The third kappa shape index (κ3) is 4.92. The third-order valence-electron chi connectivity index (χ3n) is 6.70. The topological polar surface area (TPSA) is 69.6 Å². The van der Waals surface area contributed by atoms with Crippen molar-refractivity contribution in [2.45, 2.75) is 78.8 Å². The first-order chi connectivity index (χ1) is 14.3. The van der Waals surface area contributed by atoms with E-state index >= 15 is 0 Å². The van der Waals surface area contributed by atoms with Crippen LogP contribution < -0.4 is 5.32 Å². The van der Waals surface area contributed by atoms with Crippen molar-refractivity contribution in [3.63, 3.8) is 0 Å². The molecule has 170 valence electrons. The number of rotatable bonds is 6. The number of carboxylic acids is 1. The molecule has 1 fully saturated rings. The predicted octanol–water partition coefficient (Wildman–Crippen LogP) is 5.96. The first-order valence-corrected chi connectivity index (χ1v) is 11.5. The zero-order valence-corrected chi connectivity index (χ0v) is 20.2. The number of halogens is 1. The van der Waals surface area contributed by atoms with Gasteiger partial charge in [0.2, 0.25) is 0 Å². The van der Waals surface area contributed by atoms with Crippen molar-refractivity contribution < 1.29 is 14.7 Å². The molecule has 1 heterocycles. The van der Waals surface area contributed by atoms with Crippen LogP contribution in [0.5, 0.6) is 0 Å². The lowest BCUT2D eigenvalue weighted by molar-refractivity contribution is -0.146. The molecule has 31 heavy (non-hydrogen) atoms. The van der Waals surface area contributed by atoms with Crippen molar-refractivity contribution in [3.8, 4) is 0 Å². The molecule has 1 aromatic rings. The smallest absolute Gasteiger partial charge is 0.322 e. The van der Waals surface area contributed by atoms with Crippen LogP contribution in [0.1, 0.15) is 71.9 Å². The summed E-state index contributed by atoms with van der Waals surface area (Å²) >= 11 is 6.66. The number of nitrogens with one attached hydrogen (secondary N) is 1. The molecule has 0 aromatic heterocycles. The van der Waals surface area contributed by atoms with Crippen LogP contribution in [0.25, 0.3) is 0 Å². The van der Waals surface area contributed by atoms with Crippen molar-refractivity contribution in [2.75, 3.05) is 0 Å². The predicted molar refractivity (Wildman–Crippen MR) is 124 cm³/mol. The highest BCUT2D eigenvalue weighted by molar-refractivity contribution is 6.31. The van der Waals surface area contributed by atoms with Crippen molar-refractivity contribution in [2.24, 2.45) is 17.3 Å². The van der Waals surface area contributed by atoms with E-state index in [0.29, 0.717) is 12.8 Å². The Morgan fingerprint density at radius 2 is 1.97 bits per heavy atom. The molecule has 1 atom stereocenters. The Hall–Kier alpha value is -2.01. The van der Waals surface area contributed by atoms with Crippen LogP contribution in [0, 0.1) is 17.3 Å². The molecule has 0 spiro atoms. The minimum absolute atomic E-state index is 0.0669. The average molecular weight is 447 g/mol. The molecule has 2 N–H and O–H groups in total. The van der Waals surface area contributed by atoms with Crippen LogP contribution in [0.3, 0.4) is 0 Å². The zero-order chi connectivity index (χ0) is 23.1. The number of hydrogen-bond acceptors (Lipinski definition) is 2. The number of carbonyl (C=O) groups is 2. The second kappa shape index (κ2) is 8.50. The van der Waals surface area contributed by atoms with Crippen LogP contribution in [0.2, 0.25) is 5.02 Å². The second-order valence-electron chi connectivity index (χ2n) is 10.7. The molecule has 1 saturated carbocycles. The van der Waals surface area contributed by atoms with Gasteiger partial charge in [0.1, 0.15) is 0 Å². The van der Waals surface area contributed by atoms with E-state index in [4.69, 9.17) is 11.6 Å². The number of hydrogen-bond donors (Lipinski definition) is 2. The Kier molecular flexibility index (Phi) is 6.48. The van der Waals surface area contributed by atoms with Crippen LogP contribution in [0.4, 0.5) is 4.79 Å². The molecule has 3 rings (SSSR count). The van der Waals surface area contributed by atoms with E-state index in [9.17, 15) is 14.7 Å². The van der Waals surface area contributed by atoms with E-state index in [2.05, 4.69) is 52.1 Å². The molecule has 2 amide bonds. The normalized spacial score (nSPS) is 26.4. The maximum Gasteiger partial charge on any atom is 0.322 e. The van der Waals surface area contributed by atoms with Gasteiger partial charge in [0.15, 0.2) is 0 Å². The molecule has 1 aliphatic carbocycles. The fourth-order valence-electron chi connectivity index (χ4n) is 4.51. The van der Waals surface area contributed by atoms with Gasteiger partial charge in [-0.05, 0) is 66.7 Å². The van der Waals surface area contributed by atoms with Crippen molar-refractivity contribution in [1.82, 2.24) is 10.2 Å². The molecule has 1 aliphatic heterocycles. The van der Waals surface area contributed by atoms with E-state index in [1.807, 2.05) is 19.2 Å². The van der Waals surface area contributed by atoms with Gasteiger partial charge >= 0.3 is 12.0 Å². The summed E-state index contributed by atoms with van der Waals surface area (Å²) in [5.41, 5.74) is 2.75. The van der Waals surface area contributed by atoms with Crippen LogP contribution in [-0.2, 0) is 16.8 Å². The summed E-state index contributed by atoms with van der Waals surface area (Å²) in [6.45, 7) is 12.9. The minimum atomic E-state index is -0.784. The molecule has 0 unspecified atom stereocenters. The van der Waals surface area contributed by atoms with Gasteiger partial charge in [0.25, 0.3) is 0 Å². The van der Waals surface area contributed by atoms with Crippen molar-refractivity contribution in [1.29, 1.82) is 0 Å². The number of urea groups is 1. The van der Waals surface area contributed by atoms with Gasteiger partial charge in [-0.15, -0.1) is 0 Å². The van der Waals surface area contributed by atoms with Gasteiger partial charge in [-0.3, -0.25) is 9.69 Å². The number of amides is 2. The summed E-state index contributed by atoms with van der Waals surface area (Å²) in [4.78, 5) is 25.9. The summed E-state index contributed by atoms with van der Waals surface area (Å²) in [7, 11) is 0. The average Bonchev–Trinajstić information content (AvgIpc) is 2.59. The molecule has 1 aromatic carbocycles. The van der Waals surface area contributed by atoms with Gasteiger partial charge in [-0.2, -0.15) is 0 Å². The Bertz CT molecular complexity index is 897. The van der Waals surface area contributed by atoms with E-state index in [-0.39, 0.29) is 29.3 Å². The maximum absolute atomic E-state index is 13.0. The number of carbonyl (C=O) groups excluding carboxylic acids is 1. The van der Waals surface area contributed by atoms with Crippen LogP contribution in [0.15, 0.2) is 30.0 Å². The standard InChI is InChI=1S/C25H35ClN2O3/c1-15(2)20-14-28(19-11-17(12-19)22(29)30)23(31)27-25(20,6)18-8-7-16(21(26)13-18)9-10-24(3,4)5/h7-8,13-15,17,19H,9-12H2,1-6H3,(H,27,31)(H,29,30)/t17-,19+,25-/m1/s1. The third-order valence-corrected chi connectivity index (χ3v) is 7.05. The van der Waals surface area contributed by atoms with E-state index in [1.165, 1.54) is 0 Å². The Morgan fingerprint density at radius 1 is 1.32 bits per heavy atom. The van der Waals surface area contributed by atoms with Gasteiger partial charge in [0, 0.05) is 17.3 Å². The summed E-state index contributed by atoms with van der Waals surface area (Å²) in [6, 6.07) is 5.88. The highest BCUT2D eigenvalue weighted by Gasteiger charge is 2.45. The molecule has 6 heteroatoms. The number of carboxylic acid groups (broad SMARTS) is 1. The zero-order valence-electron chi connectivity index (χ0n) is 19.5. The van der Waals surface area contributed by atoms with E-state index in [0.717, 1.165) is 34.6 Å². The highest BCUT2D eigenvalue weighted by Crippen LogP contribution is 2.41. The number of aryl methyl sites for hydroxylation is 1. The molecule has 5 nitrogen and oxygen atoms in total. The van der Waals surface area contributed by atoms with Gasteiger partial charge in [-0.25, -0.2) is 4.79 Å². The Balaban J connectivity index is 1.88. The van der Waals surface area contributed by atoms with Gasteiger partial charge in [-0.1, -0.05) is 58.4 Å². The number of aliphatic carboxylic acids is 1. The highest BCUT2D eigenvalue weighted by atomic mass is 35.5. The minimum Gasteiger partial charge on any atom is -0.481 e. The number of benzene rings is 1. The summed E-state index contributed by atoms with van der Waals surface area (Å²) in [6.07, 6.45) is 4.89. The Labute approximate surface area is 190 Å². The molecule has 2 aliphatic rings. The molecule has 0 saturated heterocycles. The number of nitrogens with zero attached hydrogens (tertiary/aromatic N) is 1. The Morgan fingerprint density at radius 3 is 2.48 bits per heavy atom. The lowest BCUT2D eigenvalue weighted by Gasteiger charge is -2.47.